The van der Waals surface area contributed by atoms with Crippen molar-refractivity contribution < 1.29 is 4.79 Å². The number of aromatic nitrogens is 1. The van der Waals surface area contributed by atoms with Crippen LogP contribution in [0, 0.1) is 31.1 Å². The monoisotopic (exact) mass is 541 g/mol. The van der Waals surface area contributed by atoms with Crippen molar-refractivity contribution in [3.05, 3.63) is 94.8 Å². The van der Waals surface area contributed by atoms with Gasteiger partial charge in [-0.25, -0.2) is 0 Å². The summed E-state index contributed by atoms with van der Waals surface area (Å²) in [6.07, 6.45) is 11.4. The third kappa shape index (κ3) is 12.6. The van der Waals surface area contributed by atoms with E-state index in [9.17, 15) is 4.79 Å². The van der Waals surface area contributed by atoms with Gasteiger partial charge in [0.1, 0.15) is 0 Å². The highest BCUT2D eigenvalue weighted by Crippen LogP contribution is 2.24. The highest BCUT2D eigenvalue weighted by Gasteiger charge is 2.18. The number of nitrogens with zero attached hydrogens (tertiary/aromatic N) is 3. The number of aryl methyl sites for hydroxylation is 2. The fraction of sp³-hybridized carbons (Fsp3) is 0.472. The molecule has 0 atom stereocenters. The maximum absolute atomic E-state index is 11.2. The summed E-state index contributed by atoms with van der Waals surface area (Å²) in [7, 11) is 0. The first-order valence-corrected chi connectivity index (χ1v) is 14.9. The minimum atomic E-state index is 0.0551. The summed E-state index contributed by atoms with van der Waals surface area (Å²) in [5.74, 6) is 0.953. The fourth-order valence-corrected chi connectivity index (χ4v) is 5.02. The second kappa shape index (κ2) is 19.6. The molecule has 0 fully saturated rings. The molecule has 0 bridgehead atoms. The van der Waals surface area contributed by atoms with Crippen LogP contribution in [0.3, 0.4) is 0 Å². The number of carbonyl (C=O) groups excluding carboxylic acids is 1. The molecule has 2 aromatic carbocycles. The van der Waals surface area contributed by atoms with E-state index in [1.54, 1.807) is 19.1 Å². The minimum Gasteiger partial charge on any atom is -0.364 e. The number of rotatable bonds is 11. The molecule has 1 heterocycles. The third-order valence-corrected chi connectivity index (χ3v) is 6.73. The largest absolute Gasteiger partial charge is 0.364 e. The number of ketones is 1. The van der Waals surface area contributed by atoms with E-state index in [1.807, 2.05) is 32.3 Å². The van der Waals surface area contributed by atoms with Gasteiger partial charge < -0.3 is 4.90 Å². The predicted molar refractivity (Wildman–Crippen MR) is 171 cm³/mol. The molecule has 0 saturated carbocycles. The number of anilines is 1. The van der Waals surface area contributed by atoms with Gasteiger partial charge in [0.15, 0.2) is 5.78 Å². The fourth-order valence-electron chi connectivity index (χ4n) is 5.02. The zero-order chi connectivity index (χ0) is 29.9. The SMILES string of the molecule is CC(=O)c1c(C)cc(C#N)cc1C.CCCC(C)C.CCCC(CCC)N(Cc1cccnc1)c1ccccc1. The molecule has 0 N–H and O–H groups in total. The van der Waals surface area contributed by atoms with Crippen LogP contribution in [0.2, 0.25) is 0 Å². The molecule has 4 heteroatoms. The molecule has 0 spiro atoms. The number of hydrogen-bond donors (Lipinski definition) is 0. The first-order chi connectivity index (χ1) is 19.2. The lowest BCUT2D eigenvalue weighted by atomic mass is 9.97. The van der Waals surface area contributed by atoms with E-state index in [-0.39, 0.29) is 5.78 Å². The van der Waals surface area contributed by atoms with E-state index >= 15 is 0 Å². The maximum Gasteiger partial charge on any atom is 0.160 e. The Balaban J connectivity index is 0.000000357. The van der Waals surface area contributed by atoms with Crippen molar-refractivity contribution in [2.75, 3.05) is 4.90 Å². The van der Waals surface area contributed by atoms with E-state index in [1.165, 1.54) is 49.8 Å². The zero-order valence-corrected chi connectivity index (χ0v) is 26.2. The summed E-state index contributed by atoms with van der Waals surface area (Å²) in [6, 6.07) is 21.1. The lowest BCUT2D eigenvalue weighted by Crippen LogP contribution is -2.34. The molecule has 0 aliphatic carbocycles. The van der Waals surface area contributed by atoms with E-state index in [4.69, 9.17) is 5.26 Å². The molecule has 0 unspecified atom stereocenters. The number of nitriles is 1. The Morgan fingerprint density at radius 3 is 1.88 bits per heavy atom. The molecule has 0 amide bonds. The smallest absolute Gasteiger partial charge is 0.160 e. The van der Waals surface area contributed by atoms with Crippen molar-refractivity contribution in [1.29, 1.82) is 5.26 Å². The summed E-state index contributed by atoms with van der Waals surface area (Å²) in [6.45, 7) is 17.5. The molecule has 1 aromatic heterocycles. The van der Waals surface area contributed by atoms with Crippen LogP contribution in [-0.2, 0) is 6.54 Å². The summed E-state index contributed by atoms with van der Waals surface area (Å²) >= 11 is 0. The molecule has 0 radical (unpaired) electrons. The number of carbonyl (C=O) groups is 1. The van der Waals surface area contributed by atoms with Gasteiger partial charge in [0, 0.05) is 36.2 Å². The second-order valence-electron chi connectivity index (χ2n) is 10.9. The Hall–Kier alpha value is -3.45. The van der Waals surface area contributed by atoms with Crippen LogP contribution in [0.15, 0.2) is 67.0 Å². The Morgan fingerprint density at radius 1 is 0.900 bits per heavy atom. The summed E-state index contributed by atoms with van der Waals surface area (Å²) < 4.78 is 0. The first kappa shape index (κ1) is 34.6. The molecule has 3 aromatic rings. The summed E-state index contributed by atoms with van der Waals surface area (Å²) in [5, 5.41) is 8.68. The van der Waals surface area contributed by atoms with Crippen molar-refractivity contribution in [2.45, 2.75) is 107 Å². The molecule has 0 aliphatic rings. The van der Waals surface area contributed by atoms with Gasteiger partial charge >= 0.3 is 0 Å². The van der Waals surface area contributed by atoms with Crippen molar-refractivity contribution in [2.24, 2.45) is 5.92 Å². The van der Waals surface area contributed by atoms with Crippen LogP contribution >= 0.6 is 0 Å². The molecule has 4 nitrogen and oxygen atoms in total. The Labute approximate surface area is 244 Å². The highest BCUT2D eigenvalue weighted by molar-refractivity contribution is 5.97. The number of para-hydroxylation sites is 1. The lowest BCUT2D eigenvalue weighted by Gasteiger charge is -2.34. The van der Waals surface area contributed by atoms with E-state index in [2.05, 4.69) is 87.0 Å². The van der Waals surface area contributed by atoms with Gasteiger partial charge in [-0.3, -0.25) is 9.78 Å². The minimum absolute atomic E-state index is 0.0551. The second-order valence-corrected chi connectivity index (χ2v) is 10.9. The standard InChI is InChI=1S/C19H26N2.C11H11NO.C6H14/c1-3-9-18(10-4-2)21(19-12-6-5-7-13-19)16-17-11-8-14-20-15-17;1-7-4-10(6-12)5-8(2)11(7)9(3)13;1-4-5-6(2)3/h5-8,11-15,18H,3-4,9-10,16H2,1-2H3;4-5H,1-3H3;6H,4-5H2,1-3H3. The van der Waals surface area contributed by atoms with Crippen molar-refractivity contribution in [3.63, 3.8) is 0 Å². The molecule has 3 rings (SSSR count). The quantitative estimate of drug-likeness (QED) is 0.227. The Bertz CT molecular complexity index is 1120. The zero-order valence-electron chi connectivity index (χ0n) is 26.2. The predicted octanol–water partition coefficient (Wildman–Crippen LogP) is 9.88. The first-order valence-electron chi connectivity index (χ1n) is 14.9. The summed E-state index contributed by atoms with van der Waals surface area (Å²) in [4.78, 5) is 18.0. The number of benzene rings is 2. The maximum atomic E-state index is 11.2. The van der Waals surface area contributed by atoms with Crippen LogP contribution in [0.4, 0.5) is 5.69 Å². The lowest BCUT2D eigenvalue weighted by molar-refractivity contribution is 0.101. The van der Waals surface area contributed by atoms with Crippen LogP contribution < -0.4 is 4.90 Å². The molecular formula is C36H51N3O. The molecular weight excluding hydrogens is 490 g/mol. The average molecular weight is 542 g/mol. The van der Waals surface area contributed by atoms with E-state index in [0.717, 1.165) is 29.2 Å². The van der Waals surface area contributed by atoms with Crippen LogP contribution in [0.1, 0.15) is 113 Å². The molecule has 0 saturated heterocycles. The van der Waals surface area contributed by atoms with E-state index in [0.29, 0.717) is 11.6 Å². The van der Waals surface area contributed by atoms with Crippen LogP contribution in [0.25, 0.3) is 0 Å². The Morgan fingerprint density at radius 2 is 1.48 bits per heavy atom. The van der Waals surface area contributed by atoms with Crippen molar-refractivity contribution >= 4 is 11.5 Å². The van der Waals surface area contributed by atoms with Gasteiger partial charge in [0.25, 0.3) is 0 Å². The number of Topliss-reactive ketones (excluding diaryl/α,β-unsaturated/α-hetero) is 1. The number of hydrogen-bond acceptors (Lipinski definition) is 4. The molecule has 0 aliphatic heterocycles. The average Bonchev–Trinajstić information content (AvgIpc) is 2.93. The van der Waals surface area contributed by atoms with Crippen LogP contribution in [-0.4, -0.2) is 16.8 Å². The van der Waals surface area contributed by atoms with Gasteiger partial charge in [-0.05, 0) is 86.6 Å². The topological polar surface area (TPSA) is 57.0 Å². The van der Waals surface area contributed by atoms with Gasteiger partial charge in [-0.2, -0.15) is 5.26 Å². The van der Waals surface area contributed by atoms with Crippen molar-refractivity contribution in [1.82, 2.24) is 4.98 Å². The number of pyridine rings is 1. The van der Waals surface area contributed by atoms with Crippen molar-refractivity contribution in [3.8, 4) is 6.07 Å². The van der Waals surface area contributed by atoms with Gasteiger partial charge in [0.2, 0.25) is 0 Å². The molecule has 40 heavy (non-hydrogen) atoms. The normalized spacial score (nSPS) is 10.2. The summed E-state index contributed by atoms with van der Waals surface area (Å²) in [5.41, 5.74) is 5.69. The van der Waals surface area contributed by atoms with Gasteiger partial charge in [0.05, 0.1) is 11.6 Å². The molecule has 216 valence electrons. The van der Waals surface area contributed by atoms with Crippen LogP contribution in [0.5, 0.6) is 0 Å². The highest BCUT2D eigenvalue weighted by atomic mass is 16.1. The van der Waals surface area contributed by atoms with Gasteiger partial charge in [-0.1, -0.05) is 84.6 Å². The van der Waals surface area contributed by atoms with Gasteiger partial charge in [-0.15, -0.1) is 0 Å². The third-order valence-electron chi connectivity index (χ3n) is 6.73. The Kier molecular flexibility index (Phi) is 16.9. The van der Waals surface area contributed by atoms with E-state index < -0.39 is 0 Å².